The van der Waals surface area contributed by atoms with E-state index in [0.717, 1.165) is 0 Å². The number of aromatic carboxylic acids is 1. The summed E-state index contributed by atoms with van der Waals surface area (Å²) in [5.41, 5.74) is -0.0222. The molecule has 0 aromatic carbocycles. The van der Waals surface area contributed by atoms with Gasteiger partial charge in [-0.15, -0.1) is 0 Å². The standard InChI is InChI=1S/C13H20N2O5S/c1-9(2)15-8-11(6-12(15)13(16)17)21(18,19)14-5-4-10(7-14)20-3/h6,8-10H,4-5,7H2,1-3H3,(H,16,17). The van der Waals surface area contributed by atoms with Crippen LogP contribution in [0.5, 0.6) is 0 Å². The molecule has 2 heterocycles. The van der Waals surface area contributed by atoms with Gasteiger partial charge in [0.05, 0.1) is 6.10 Å². The summed E-state index contributed by atoms with van der Waals surface area (Å²) in [6, 6.07) is 1.09. The summed E-state index contributed by atoms with van der Waals surface area (Å²) < 4.78 is 33.1. The van der Waals surface area contributed by atoms with Gasteiger partial charge in [0, 0.05) is 32.4 Å². The number of carboxylic acid groups (broad SMARTS) is 1. The van der Waals surface area contributed by atoms with Crippen molar-refractivity contribution in [3.05, 3.63) is 18.0 Å². The van der Waals surface area contributed by atoms with Gasteiger partial charge in [-0.1, -0.05) is 0 Å². The molecular weight excluding hydrogens is 296 g/mol. The Morgan fingerprint density at radius 3 is 2.57 bits per heavy atom. The van der Waals surface area contributed by atoms with Gasteiger partial charge >= 0.3 is 5.97 Å². The molecule has 21 heavy (non-hydrogen) atoms. The van der Waals surface area contributed by atoms with E-state index in [-0.39, 0.29) is 22.7 Å². The first-order chi connectivity index (χ1) is 9.77. The Balaban J connectivity index is 2.37. The van der Waals surface area contributed by atoms with Crippen LogP contribution in [-0.4, -0.2) is 54.7 Å². The Morgan fingerprint density at radius 1 is 1.48 bits per heavy atom. The summed E-state index contributed by atoms with van der Waals surface area (Å²) in [4.78, 5) is 11.3. The molecule has 7 nitrogen and oxygen atoms in total. The molecule has 118 valence electrons. The van der Waals surface area contributed by atoms with Crippen molar-refractivity contribution in [2.24, 2.45) is 0 Å². The number of hydrogen-bond acceptors (Lipinski definition) is 4. The van der Waals surface area contributed by atoms with Crippen LogP contribution in [-0.2, 0) is 14.8 Å². The predicted molar refractivity (Wildman–Crippen MR) is 75.9 cm³/mol. The van der Waals surface area contributed by atoms with Gasteiger partial charge in [-0.2, -0.15) is 4.31 Å². The molecule has 1 unspecified atom stereocenters. The van der Waals surface area contributed by atoms with Crippen molar-refractivity contribution in [1.29, 1.82) is 0 Å². The second-order valence-corrected chi connectivity index (χ2v) is 7.31. The molecule has 0 radical (unpaired) electrons. The number of ether oxygens (including phenoxy) is 1. The number of carboxylic acids is 1. The lowest BCUT2D eigenvalue weighted by Gasteiger charge is -2.15. The SMILES string of the molecule is COC1CCN(S(=O)(=O)c2cc(C(=O)O)n(C(C)C)c2)C1. The average Bonchev–Trinajstić information content (AvgIpc) is 3.06. The van der Waals surface area contributed by atoms with Crippen molar-refractivity contribution >= 4 is 16.0 Å². The lowest BCUT2D eigenvalue weighted by Crippen LogP contribution is -2.29. The van der Waals surface area contributed by atoms with Crippen LogP contribution in [0.3, 0.4) is 0 Å². The Bertz CT molecular complexity index is 635. The van der Waals surface area contributed by atoms with E-state index in [4.69, 9.17) is 4.74 Å². The lowest BCUT2D eigenvalue weighted by molar-refractivity contribution is 0.0683. The van der Waals surface area contributed by atoms with Gasteiger partial charge in [-0.25, -0.2) is 13.2 Å². The third-order valence-corrected chi connectivity index (χ3v) is 5.51. The number of methoxy groups -OCH3 is 1. The van der Waals surface area contributed by atoms with Gasteiger partial charge in [0.1, 0.15) is 10.6 Å². The van der Waals surface area contributed by atoms with Crippen molar-refractivity contribution in [2.45, 2.75) is 37.3 Å². The maximum Gasteiger partial charge on any atom is 0.352 e. The molecule has 8 heteroatoms. The molecule has 1 aromatic rings. The number of rotatable bonds is 5. The molecule has 1 aliphatic rings. The van der Waals surface area contributed by atoms with Crippen LogP contribution in [0.1, 0.15) is 36.8 Å². The van der Waals surface area contributed by atoms with E-state index in [9.17, 15) is 18.3 Å². The molecule has 0 saturated carbocycles. The highest BCUT2D eigenvalue weighted by Crippen LogP contribution is 2.25. The quantitative estimate of drug-likeness (QED) is 0.881. The van der Waals surface area contributed by atoms with Gasteiger partial charge in [0.25, 0.3) is 0 Å². The van der Waals surface area contributed by atoms with E-state index < -0.39 is 16.0 Å². The first kappa shape index (κ1) is 16.0. The zero-order chi connectivity index (χ0) is 15.8. The fourth-order valence-electron chi connectivity index (χ4n) is 2.45. The van der Waals surface area contributed by atoms with Gasteiger partial charge in [-0.3, -0.25) is 0 Å². The van der Waals surface area contributed by atoms with Crippen LogP contribution >= 0.6 is 0 Å². The summed E-state index contributed by atoms with van der Waals surface area (Å²) in [5.74, 6) is -1.14. The minimum atomic E-state index is -3.68. The van der Waals surface area contributed by atoms with Crippen molar-refractivity contribution in [2.75, 3.05) is 20.2 Å². The Hall–Kier alpha value is -1.38. The number of hydrogen-bond donors (Lipinski definition) is 1. The fraction of sp³-hybridized carbons (Fsp3) is 0.615. The molecule has 1 saturated heterocycles. The zero-order valence-corrected chi connectivity index (χ0v) is 13.1. The van der Waals surface area contributed by atoms with E-state index in [1.807, 2.05) is 0 Å². The maximum absolute atomic E-state index is 12.6. The minimum absolute atomic E-state index is 0.0188. The Kier molecular flexibility index (Phi) is 4.40. The third-order valence-electron chi connectivity index (χ3n) is 3.68. The molecule has 2 rings (SSSR count). The number of aromatic nitrogens is 1. The summed E-state index contributed by atoms with van der Waals surface area (Å²) in [7, 11) is -2.13. The van der Waals surface area contributed by atoms with E-state index in [0.29, 0.717) is 19.5 Å². The molecular formula is C13H20N2O5S. The summed E-state index contributed by atoms with van der Waals surface area (Å²) >= 11 is 0. The van der Waals surface area contributed by atoms with Gasteiger partial charge in [0.15, 0.2) is 0 Å². The zero-order valence-electron chi connectivity index (χ0n) is 12.3. The number of sulfonamides is 1. The highest BCUT2D eigenvalue weighted by molar-refractivity contribution is 7.89. The van der Waals surface area contributed by atoms with Gasteiger partial charge in [-0.05, 0) is 26.3 Å². The molecule has 0 aliphatic carbocycles. The van der Waals surface area contributed by atoms with Crippen LogP contribution < -0.4 is 0 Å². The van der Waals surface area contributed by atoms with Crippen molar-refractivity contribution in [1.82, 2.24) is 8.87 Å². The van der Waals surface area contributed by atoms with Crippen molar-refractivity contribution < 1.29 is 23.1 Å². The molecule has 1 atom stereocenters. The maximum atomic E-state index is 12.6. The molecule has 0 bridgehead atoms. The van der Waals surface area contributed by atoms with Crippen molar-refractivity contribution in [3.63, 3.8) is 0 Å². The first-order valence-corrected chi connectivity index (χ1v) is 8.19. The fourth-order valence-corrected chi connectivity index (χ4v) is 3.96. The minimum Gasteiger partial charge on any atom is -0.477 e. The Labute approximate surface area is 124 Å². The number of nitrogens with zero attached hydrogens (tertiary/aromatic N) is 2. The van der Waals surface area contributed by atoms with E-state index in [1.165, 1.54) is 21.1 Å². The highest BCUT2D eigenvalue weighted by Gasteiger charge is 2.34. The van der Waals surface area contributed by atoms with Crippen LogP contribution in [0, 0.1) is 0 Å². The first-order valence-electron chi connectivity index (χ1n) is 6.75. The summed E-state index contributed by atoms with van der Waals surface area (Å²) in [6.07, 6.45) is 1.93. The monoisotopic (exact) mass is 316 g/mol. The molecule has 1 aromatic heterocycles. The van der Waals surface area contributed by atoms with E-state index >= 15 is 0 Å². The summed E-state index contributed by atoms with van der Waals surface area (Å²) in [6.45, 7) is 4.30. The lowest BCUT2D eigenvalue weighted by atomic mass is 10.3. The molecule has 1 fully saturated rings. The van der Waals surface area contributed by atoms with Gasteiger partial charge < -0.3 is 14.4 Å². The van der Waals surface area contributed by atoms with E-state index in [1.54, 1.807) is 21.0 Å². The number of carbonyl (C=O) groups is 1. The average molecular weight is 316 g/mol. The highest BCUT2D eigenvalue weighted by atomic mass is 32.2. The van der Waals surface area contributed by atoms with Crippen LogP contribution in [0.2, 0.25) is 0 Å². The second-order valence-electron chi connectivity index (χ2n) is 5.38. The van der Waals surface area contributed by atoms with Crippen LogP contribution in [0.25, 0.3) is 0 Å². The largest absolute Gasteiger partial charge is 0.477 e. The predicted octanol–water partition coefficient (Wildman–Crippen LogP) is 1.18. The second kappa shape index (κ2) is 5.78. The molecule has 1 aliphatic heterocycles. The molecule has 0 spiro atoms. The van der Waals surface area contributed by atoms with Crippen LogP contribution in [0.15, 0.2) is 17.2 Å². The normalized spacial score (nSPS) is 20.3. The van der Waals surface area contributed by atoms with Crippen molar-refractivity contribution in [3.8, 4) is 0 Å². The smallest absolute Gasteiger partial charge is 0.352 e. The summed E-state index contributed by atoms with van der Waals surface area (Å²) in [5, 5.41) is 9.19. The Morgan fingerprint density at radius 2 is 2.14 bits per heavy atom. The van der Waals surface area contributed by atoms with Crippen LogP contribution in [0.4, 0.5) is 0 Å². The van der Waals surface area contributed by atoms with Gasteiger partial charge in [0.2, 0.25) is 10.0 Å². The third kappa shape index (κ3) is 2.97. The molecule has 1 N–H and O–H groups in total. The topological polar surface area (TPSA) is 88.8 Å². The van der Waals surface area contributed by atoms with E-state index in [2.05, 4.69) is 0 Å². The molecule has 0 amide bonds.